The molecule has 0 atom stereocenters. The number of rotatable bonds is 4. The summed E-state index contributed by atoms with van der Waals surface area (Å²) in [7, 11) is 0. The second-order valence-electron chi connectivity index (χ2n) is 4.05. The van der Waals surface area contributed by atoms with Gasteiger partial charge in [0.25, 0.3) is 5.69 Å². The lowest BCUT2D eigenvalue weighted by atomic mass is 10.1. The van der Waals surface area contributed by atoms with Gasteiger partial charge in [0.05, 0.1) is 15.5 Å². The molecule has 0 radical (unpaired) electrons. The quantitative estimate of drug-likeness (QED) is 0.686. The molecule has 0 aromatic heterocycles. The number of hydrogen-bond donors (Lipinski definition) is 1. The Balaban J connectivity index is 2.17. The molecular formula is C14H10ClN3O2. The molecule has 1 N–H and O–H groups in total. The molecule has 0 aliphatic carbocycles. The van der Waals surface area contributed by atoms with Crippen LogP contribution in [-0.2, 0) is 6.54 Å². The van der Waals surface area contributed by atoms with Gasteiger partial charge >= 0.3 is 0 Å². The zero-order valence-electron chi connectivity index (χ0n) is 10.3. The number of nitro groups is 1. The smallest absolute Gasteiger partial charge is 0.274 e. The van der Waals surface area contributed by atoms with E-state index in [-0.39, 0.29) is 5.69 Å². The molecule has 100 valence electrons. The average molecular weight is 288 g/mol. The van der Waals surface area contributed by atoms with Crippen LogP contribution < -0.4 is 5.32 Å². The molecule has 0 aliphatic heterocycles. The molecule has 0 fully saturated rings. The number of nitro benzene ring substituents is 1. The fourth-order valence-electron chi connectivity index (χ4n) is 1.76. The Kier molecular flexibility index (Phi) is 4.18. The second-order valence-corrected chi connectivity index (χ2v) is 4.45. The average Bonchev–Trinajstić information content (AvgIpc) is 2.46. The summed E-state index contributed by atoms with van der Waals surface area (Å²) in [6.07, 6.45) is 0. The van der Waals surface area contributed by atoms with Crippen molar-refractivity contribution < 1.29 is 4.92 Å². The van der Waals surface area contributed by atoms with Gasteiger partial charge in [0.15, 0.2) is 0 Å². The van der Waals surface area contributed by atoms with Crippen LogP contribution in [0.3, 0.4) is 0 Å². The maximum atomic E-state index is 10.9. The van der Waals surface area contributed by atoms with Crippen molar-refractivity contribution >= 4 is 23.0 Å². The highest BCUT2D eigenvalue weighted by atomic mass is 35.5. The van der Waals surface area contributed by atoms with Crippen LogP contribution in [0.4, 0.5) is 11.4 Å². The van der Waals surface area contributed by atoms with Crippen molar-refractivity contribution in [2.75, 3.05) is 5.32 Å². The van der Waals surface area contributed by atoms with E-state index < -0.39 is 4.92 Å². The largest absolute Gasteiger partial charge is 0.381 e. The summed E-state index contributed by atoms with van der Waals surface area (Å²) in [5.41, 5.74) is 1.68. The van der Waals surface area contributed by atoms with E-state index in [0.717, 1.165) is 0 Å². The fourth-order valence-corrected chi connectivity index (χ4v) is 1.92. The molecule has 0 saturated carbocycles. The summed E-state index contributed by atoms with van der Waals surface area (Å²) >= 11 is 5.84. The summed E-state index contributed by atoms with van der Waals surface area (Å²) in [5, 5.41) is 23.2. The summed E-state index contributed by atoms with van der Waals surface area (Å²) in [6.45, 7) is 0.295. The lowest BCUT2D eigenvalue weighted by molar-refractivity contribution is -0.385. The first-order valence-electron chi connectivity index (χ1n) is 5.77. The minimum Gasteiger partial charge on any atom is -0.381 e. The molecule has 0 unspecified atom stereocenters. The maximum absolute atomic E-state index is 10.9. The monoisotopic (exact) mass is 287 g/mol. The highest BCUT2D eigenvalue weighted by molar-refractivity contribution is 6.31. The number of hydrogen-bond acceptors (Lipinski definition) is 4. The third-order valence-corrected chi connectivity index (χ3v) is 3.09. The van der Waals surface area contributed by atoms with Crippen LogP contribution in [0, 0.1) is 21.4 Å². The van der Waals surface area contributed by atoms with Crippen LogP contribution in [0.25, 0.3) is 0 Å². The zero-order chi connectivity index (χ0) is 14.5. The predicted octanol–water partition coefficient (Wildman–Crippen LogP) is 3.73. The van der Waals surface area contributed by atoms with Gasteiger partial charge in [-0.05, 0) is 18.2 Å². The van der Waals surface area contributed by atoms with E-state index in [1.165, 1.54) is 6.07 Å². The minimum absolute atomic E-state index is 0.0643. The zero-order valence-corrected chi connectivity index (χ0v) is 11.1. The topological polar surface area (TPSA) is 79.0 Å². The second kappa shape index (κ2) is 6.04. The lowest BCUT2D eigenvalue weighted by Crippen LogP contribution is -2.03. The van der Waals surface area contributed by atoms with Crippen LogP contribution in [0.2, 0.25) is 5.02 Å². The molecule has 5 nitrogen and oxygen atoms in total. The lowest BCUT2D eigenvalue weighted by Gasteiger charge is -2.08. The first-order valence-corrected chi connectivity index (χ1v) is 6.15. The number of nitrogens with zero attached hydrogens (tertiary/aromatic N) is 2. The number of halogens is 1. The summed E-state index contributed by atoms with van der Waals surface area (Å²) in [4.78, 5) is 10.5. The summed E-state index contributed by atoms with van der Waals surface area (Å²) in [6, 6.07) is 13.4. The Hall–Kier alpha value is -2.58. The Morgan fingerprint density at radius 2 is 2.05 bits per heavy atom. The predicted molar refractivity (Wildman–Crippen MR) is 76.6 cm³/mol. The maximum Gasteiger partial charge on any atom is 0.274 e. The standard InChI is InChI=1S/C14H10ClN3O2/c15-13-6-5-12(7-11(13)8-16)17-9-10-3-1-2-4-14(10)18(19)20/h1-7,17H,9H2. The molecule has 0 amide bonds. The molecule has 0 saturated heterocycles. The van der Waals surface area contributed by atoms with E-state index in [0.29, 0.717) is 28.4 Å². The molecule has 0 aliphatic rings. The Morgan fingerprint density at radius 1 is 1.30 bits per heavy atom. The third kappa shape index (κ3) is 3.05. The Labute approximate surface area is 120 Å². The van der Waals surface area contributed by atoms with Gasteiger partial charge in [0.1, 0.15) is 6.07 Å². The van der Waals surface area contributed by atoms with Gasteiger partial charge in [-0.3, -0.25) is 10.1 Å². The Morgan fingerprint density at radius 3 is 2.75 bits per heavy atom. The van der Waals surface area contributed by atoms with Crippen LogP contribution >= 0.6 is 11.6 Å². The van der Waals surface area contributed by atoms with Crippen molar-refractivity contribution in [2.24, 2.45) is 0 Å². The minimum atomic E-state index is -0.417. The van der Waals surface area contributed by atoms with Gasteiger partial charge in [-0.25, -0.2) is 0 Å². The normalized spacial score (nSPS) is 9.80. The molecule has 6 heteroatoms. The van der Waals surface area contributed by atoms with Crippen molar-refractivity contribution in [2.45, 2.75) is 6.54 Å². The molecule has 2 aromatic rings. The number of nitrogens with one attached hydrogen (secondary N) is 1. The van der Waals surface area contributed by atoms with Gasteiger partial charge in [0, 0.05) is 23.9 Å². The first-order chi connectivity index (χ1) is 9.61. The number of para-hydroxylation sites is 1. The van der Waals surface area contributed by atoms with E-state index >= 15 is 0 Å². The van der Waals surface area contributed by atoms with Crippen molar-refractivity contribution in [3.63, 3.8) is 0 Å². The Bertz CT molecular complexity index is 695. The number of anilines is 1. The van der Waals surface area contributed by atoms with Crippen molar-refractivity contribution in [1.29, 1.82) is 5.26 Å². The van der Waals surface area contributed by atoms with E-state index in [9.17, 15) is 10.1 Å². The van der Waals surface area contributed by atoms with Gasteiger partial charge in [-0.1, -0.05) is 29.8 Å². The van der Waals surface area contributed by atoms with Crippen molar-refractivity contribution in [3.8, 4) is 6.07 Å². The highest BCUT2D eigenvalue weighted by Gasteiger charge is 2.11. The van der Waals surface area contributed by atoms with E-state index in [2.05, 4.69) is 5.32 Å². The first kappa shape index (κ1) is 13.8. The van der Waals surface area contributed by atoms with Crippen LogP contribution in [0.5, 0.6) is 0 Å². The fraction of sp³-hybridized carbons (Fsp3) is 0.0714. The summed E-state index contributed by atoms with van der Waals surface area (Å²) < 4.78 is 0. The molecule has 20 heavy (non-hydrogen) atoms. The third-order valence-electron chi connectivity index (χ3n) is 2.76. The highest BCUT2D eigenvalue weighted by Crippen LogP contribution is 2.22. The van der Waals surface area contributed by atoms with Crippen LogP contribution in [0.1, 0.15) is 11.1 Å². The molecule has 0 bridgehead atoms. The molecular weight excluding hydrogens is 278 g/mol. The SMILES string of the molecule is N#Cc1cc(NCc2ccccc2[N+](=O)[O-])ccc1Cl. The van der Waals surface area contributed by atoms with Crippen LogP contribution in [-0.4, -0.2) is 4.92 Å². The van der Waals surface area contributed by atoms with Gasteiger partial charge in [-0.15, -0.1) is 0 Å². The van der Waals surface area contributed by atoms with Crippen molar-refractivity contribution in [3.05, 3.63) is 68.7 Å². The number of benzene rings is 2. The van der Waals surface area contributed by atoms with E-state index in [4.69, 9.17) is 16.9 Å². The summed E-state index contributed by atoms with van der Waals surface area (Å²) in [5.74, 6) is 0. The van der Waals surface area contributed by atoms with Gasteiger partial charge < -0.3 is 5.32 Å². The van der Waals surface area contributed by atoms with Crippen LogP contribution in [0.15, 0.2) is 42.5 Å². The van der Waals surface area contributed by atoms with E-state index in [1.54, 1.807) is 36.4 Å². The van der Waals surface area contributed by atoms with Crippen molar-refractivity contribution in [1.82, 2.24) is 0 Å². The molecule has 2 rings (SSSR count). The van der Waals surface area contributed by atoms with E-state index in [1.807, 2.05) is 6.07 Å². The molecule has 0 spiro atoms. The molecule has 2 aromatic carbocycles. The molecule has 0 heterocycles. The number of nitriles is 1. The van der Waals surface area contributed by atoms with Gasteiger partial charge in [0.2, 0.25) is 0 Å². The van der Waals surface area contributed by atoms with Gasteiger partial charge in [-0.2, -0.15) is 5.26 Å².